The van der Waals surface area contributed by atoms with Crippen LogP contribution in [0.2, 0.25) is 0 Å². The van der Waals surface area contributed by atoms with Gasteiger partial charge >= 0.3 is 0 Å². The Morgan fingerprint density at radius 2 is 2.28 bits per heavy atom. The van der Waals surface area contributed by atoms with Crippen LogP contribution < -0.4 is 10.6 Å². The van der Waals surface area contributed by atoms with Crippen molar-refractivity contribution in [1.29, 1.82) is 0 Å². The molecule has 18 heavy (non-hydrogen) atoms. The quantitative estimate of drug-likeness (QED) is 0.572. The second-order valence-corrected chi connectivity index (χ2v) is 4.15. The SMILES string of the molecule is C=CCCCC(C)Nc1ccc(C(=O)NC)nn1. The molecule has 1 unspecified atom stereocenters. The molecule has 0 aromatic carbocycles. The molecule has 0 saturated carbocycles. The zero-order valence-corrected chi connectivity index (χ0v) is 10.9. The van der Waals surface area contributed by atoms with Gasteiger partial charge in [-0.2, -0.15) is 0 Å². The first-order chi connectivity index (χ1) is 8.67. The number of hydrogen-bond donors (Lipinski definition) is 2. The third-order valence-corrected chi connectivity index (χ3v) is 2.56. The molecule has 0 aliphatic rings. The third kappa shape index (κ3) is 4.53. The molecule has 0 aliphatic heterocycles. The van der Waals surface area contributed by atoms with E-state index < -0.39 is 0 Å². The van der Waals surface area contributed by atoms with Crippen LogP contribution in [0.5, 0.6) is 0 Å². The van der Waals surface area contributed by atoms with E-state index in [1.807, 2.05) is 6.08 Å². The zero-order chi connectivity index (χ0) is 13.4. The molecular formula is C13H20N4O. The summed E-state index contributed by atoms with van der Waals surface area (Å²) in [5.41, 5.74) is 0.322. The summed E-state index contributed by atoms with van der Waals surface area (Å²) < 4.78 is 0. The van der Waals surface area contributed by atoms with Crippen molar-refractivity contribution in [2.45, 2.75) is 32.2 Å². The number of anilines is 1. The van der Waals surface area contributed by atoms with Gasteiger partial charge in [0, 0.05) is 13.1 Å². The maximum absolute atomic E-state index is 11.3. The molecule has 0 spiro atoms. The van der Waals surface area contributed by atoms with Gasteiger partial charge in [-0.25, -0.2) is 0 Å². The zero-order valence-electron chi connectivity index (χ0n) is 10.9. The second kappa shape index (κ2) is 7.42. The highest BCUT2D eigenvalue weighted by atomic mass is 16.1. The van der Waals surface area contributed by atoms with Crippen molar-refractivity contribution in [1.82, 2.24) is 15.5 Å². The summed E-state index contributed by atoms with van der Waals surface area (Å²) in [4.78, 5) is 11.3. The standard InChI is InChI=1S/C13H20N4O/c1-4-5-6-7-10(2)15-12-9-8-11(16-17-12)13(18)14-3/h4,8-10H,1,5-7H2,2-3H3,(H,14,18)(H,15,17). The molecule has 1 heterocycles. The Labute approximate surface area is 108 Å². The Kier molecular flexibility index (Phi) is 5.84. The predicted octanol–water partition coefficient (Wildman–Crippen LogP) is 1.99. The van der Waals surface area contributed by atoms with Crippen molar-refractivity contribution in [3.63, 3.8) is 0 Å². The maximum Gasteiger partial charge on any atom is 0.271 e. The molecular weight excluding hydrogens is 228 g/mol. The van der Waals surface area contributed by atoms with E-state index in [0.29, 0.717) is 17.6 Å². The maximum atomic E-state index is 11.3. The summed E-state index contributed by atoms with van der Waals surface area (Å²) in [7, 11) is 1.57. The number of unbranched alkanes of at least 4 members (excludes halogenated alkanes) is 1. The fourth-order valence-electron chi connectivity index (χ4n) is 1.55. The minimum Gasteiger partial charge on any atom is -0.366 e. The van der Waals surface area contributed by atoms with Gasteiger partial charge in [0.2, 0.25) is 0 Å². The fraction of sp³-hybridized carbons (Fsp3) is 0.462. The van der Waals surface area contributed by atoms with Gasteiger partial charge in [-0.1, -0.05) is 6.08 Å². The lowest BCUT2D eigenvalue weighted by Gasteiger charge is -2.13. The monoisotopic (exact) mass is 248 g/mol. The second-order valence-electron chi connectivity index (χ2n) is 4.15. The van der Waals surface area contributed by atoms with Crippen LogP contribution in [-0.2, 0) is 0 Å². The number of nitrogens with zero attached hydrogens (tertiary/aromatic N) is 2. The molecule has 5 heteroatoms. The van der Waals surface area contributed by atoms with Crippen molar-refractivity contribution in [2.75, 3.05) is 12.4 Å². The normalized spacial score (nSPS) is 11.7. The molecule has 5 nitrogen and oxygen atoms in total. The van der Waals surface area contributed by atoms with E-state index in [1.165, 1.54) is 0 Å². The minimum absolute atomic E-state index is 0.229. The largest absolute Gasteiger partial charge is 0.366 e. The number of amides is 1. The molecule has 1 aromatic rings. The van der Waals surface area contributed by atoms with E-state index in [4.69, 9.17) is 0 Å². The summed E-state index contributed by atoms with van der Waals surface area (Å²) in [5, 5.41) is 13.6. The van der Waals surface area contributed by atoms with Crippen LogP contribution in [-0.4, -0.2) is 29.2 Å². The van der Waals surface area contributed by atoms with Crippen LogP contribution in [0.25, 0.3) is 0 Å². The Morgan fingerprint density at radius 3 is 2.83 bits per heavy atom. The summed E-state index contributed by atoms with van der Waals surface area (Å²) >= 11 is 0. The predicted molar refractivity (Wildman–Crippen MR) is 72.6 cm³/mol. The Hall–Kier alpha value is -1.91. The van der Waals surface area contributed by atoms with Crippen molar-refractivity contribution in [3.8, 4) is 0 Å². The molecule has 98 valence electrons. The van der Waals surface area contributed by atoms with Gasteiger partial charge in [0.1, 0.15) is 5.82 Å². The summed E-state index contributed by atoms with van der Waals surface area (Å²) in [6.07, 6.45) is 5.09. The van der Waals surface area contributed by atoms with Gasteiger partial charge in [-0.3, -0.25) is 4.79 Å². The van der Waals surface area contributed by atoms with Crippen molar-refractivity contribution < 1.29 is 4.79 Å². The summed E-state index contributed by atoms with van der Waals surface area (Å²) in [5.74, 6) is 0.460. The van der Waals surface area contributed by atoms with Crippen LogP contribution >= 0.6 is 0 Å². The lowest BCUT2D eigenvalue weighted by Crippen LogP contribution is -2.21. The number of hydrogen-bond acceptors (Lipinski definition) is 4. The van der Waals surface area contributed by atoms with Crippen molar-refractivity contribution >= 4 is 11.7 Å². The van der Waals surface area contributed by atoms with Gasteiger partial charge in [0.15, 0.2) is 5.69 Å². The van der Waals surface area contributed by atoms with Crippen LogP contribution in [0.4, 0.5) is 5.82 Å². The van der Waals surface area contributed by atoms with Gasteiger partial charge in [0.25, 0.3) is 5.91 Å². The molecule has 1 rings (SSSR count). The number of nitrogens with one attached hydrogen (secondary N) is 2. The summed E-state index contributed by atoms with van der Waals surface area (Å²) in [6, 6.07) is 3.75. The molecule has 1 amide bonds. The molecule has 0 fully saturated rings. The highest BCUT2D eigenvalue weighted by Crippen LogP contribution is 2.08. The molecule has 1 atom stereocenters. The Balaban J connectivity index is 2.47. The molecule has 0 saturated heterocycles. The fourth-order valence-corrected chi connectivity index (χ4v) is 1.55. The number of rotatable bonds is 7. The van der Waals surface area contributed by atoms with Gasteiger partial charge in [0.05, 0.1) is 0 Å². The molecule has 0 radical (unpaired) electrons. The van der Waals surface area contributed by atoms with Gasteiger partial charge in [-0.15, -0.1) is 16.8 Å². The highest BCUT2D eigenvalue weighted by Gasteiger charge is 2.07. The number of aromatic nitrogens is 2. The number of allylic oxidation sites excluding steroid dienone is 1. The average molecular weight is 248 g/mol. The molecule has 1 aromatic heterocycles. The summed E-state index contributed by atoms with van der Waals surface area (Å²) in [6.45, 7) is 5.79. The van der Waals surface area contributed by atoms with Crippen molar-refractivity contribution in [2.24, 2.45) is 0 Å². The Morgan fingerprint density at radius 1 is 1.50 bits per heavy atom. The van der Waals surface area contributed by atoms with E-state index >= 15 is 0 Å². The molecule has 2 N–H and O–H groups in total. The Bertz CT molecular complexity index is 388. The van der Waals surface area contributed by atoms with Crippen molar-refractivity contribution in [3.05, 3.63) is 30.5 Å². The topological polar surface area (TPSA) is 66.9 Å². The molecule has 0 aliphatic carbocycles. The van der Waals surface area contributed by atoms with Crippen LogP contribution in [0.3, 0.4) is 0 Å². The van der Waals surface area contributed by atoms with E-state index in [0.717, 1.165) is 19.3 Å². The highest BCUT2D eigenvalue weighted by molar-refractivity contribution is 5.91. The van der Waals surface area contributed by atoms with Crippen LogP contribution in [0.15, 0.2) is 24.8 Å². The van der Waals surface area contributed by atoms with Crippen LogP contribution in [0.1, 0.15) is 36.7 Å². The van der Waals surface area contributed by atoms with E-state index in [9.17, 15) is 4.79 Å². The average Bonchev–Trinajstić information content (AvgIpc) is 2.39. The smallest absolute Gasteiger partial charge is 0.271 e. The van der Waals surface area contributed by atoms with Gasteiger partial charge < -0.3 is 10.6 Å². The van der Waals surface area contributed by atoms with E-state index in [2.05, 4.69) is 34.3 Å². The van der Waals surface area contributed by atoms with E-state index in [1.54, 1.807) is 19.2 Å². The third-order valence-electron chi connectivity index (χ3n) is 2.56. The van der Waals surface area contributed by atoms with Crippen LogP contribution in [0, 0.1) is 0 Å². The number of carbonyl (C=O) groups excluding carboxylic acids is 1. The van der Waals surface area contributed by atoms with E-state index in [-0.39, 0.29) is 5.91 Å². The first kappa shape index (κ1) is 14.2. The van der Waals surface area contributed by atoms with Gasteiger partial charge in [-0.05, 0) is 38.3 Å². The molecule has 0 bridgehead atoms. The first-order valence-corrected chi connectivity index (χ1v) is 6.10. The lowest BCUT2D eigenvalue weighted by molar-refractivity contribution is 0.0957. The minimum atomic E-state index is -0.229. The lowest BCUT2D eigenvalue weighted by atomic mass is 10.1. The first-order valence-electron chi connectivity index (χ1n) is 6.10. The number of carbonyl (C=O) groups is 1.